The molecule has 1 aliphatic heterocycles. The van der Waals surface area contributed by atoms with Gasteiger partial charge in [-0.2, -0.15) is 5.10 Å². The van der Waals surface area contributed by atoms with Crippen molar-refractivity contribution in [1.29, 1.82) is 0 Å². The first kappa shape index (κ1) is 14.2. The molecule has 5 N–H and O–H groups in total. The Balaban J connectivity index is 2.35. The lowest BCUT2D eigenvalue weighted by Crippen LogP contribution is -2.32. The maximum Gasteiger partial charge on any atom is 0.240 e. The minimum absolute atomic E-state index is 0.0129. The molecule has 0 saturated heterocycles. The van der Waals surface area contributed by atoms with E-state index in [2.05, 4.69) is 10.5 Å². The zero-order valence-electron chi connectivity index (χ0n) is 11.5. The fourth-order valence-electron chi connectivity index (χ4n) is 2.19. The Hall–Kier alpha value is -2.21. The second kappa shape index (κ2) is 5.42. The maximum atomic E-state index is 11.8. The number of hydrazone groups is 1. The molecule has 1 aliphatic rings. The molecule has 1 unspecified atom stereocenters. The topological polar surface area (TPSA) is 111 Å². The van der Waals surface area contributed by atoms with Gasteiger partial charge in [0.1, 0.15) is 0 Å². The second-order valence-electron chi connectivity index (χ2n) is 5.09. The number of amides is 1. The Morgan fingerprint density at radius 3 is 2.75 bits per heavy atom. The normalized spacial score (nSPS) is 20.1. The van der Waals surface area contributed by atoms with E-state index >= 15 is 0 Å². The fourth-order valence-corrected chi connectivity index (χ4v) is 2.19. The molecule has 0 saturated carbocycles. The molecule has 2 atom stereocenters. The summed E-state index contributed by atoms with van der Waals surface area (Å²) < 4.78 is 0. The van der Waals surface area contributed by atoms with Gasteiger partial charge in [-0.15, -0.1) is 0 Å². The molecule has 0 bridgehead atoms. The third kappa shape index (κ3) is 2.70. The highest BCUT2D eigenvalue weighted by Crippen LogP contribution is 2.22. The number of rotatable bonds is 3. The van der Waals surface area contributed by atoms with E-state index in [1.807, 2.05) is 6.92 Å². The molecule has 20 heavy (non-hydrogen) atoms. The van der Waals surface area contributed by atoms with Crippen molar-refractivity contribution in [3.05, 3.63) is 29.3 Å². The Kier molecular flexibility index (Phi) is 3.85. The largest absolute Gasteiger partial charge is 0.398 e. The van der Waals surface area contributed by atoms with Crippen molar-refractivity contribution >= 4 is 23.1 Å². The average molecular weight is 274 g/mol. The van der Waals surface area contributed by atoms with Crippen molar-refractivity contribution in [2.24, 2.45) is 16.8 Å². The number of hydrogen-bond acceptors (Lipinski definition) is 5. The van der Waals surface area contributed by atoms with Gasteiger partial charge in [-0.3, -0.25) is 9.59 Å². The highest BCUT2D eigenvalue weighted by atomic mass is 16.2. The predicted molar refractivity (Wildman–Crippen MR) is 77.3 cm³/mol. The van der Waals surface area contributed by atoms with Crippen LogP contribution >= 0.6 is 0 Å². The van der Waals surface area contributed by atoms with Gasteiger partial charge >= 0.3 is 0 Å². The summed E-state index contributed by atoms with van der Waals surface area (Å²) in [5.74, 6) is -0.278. The molecule has 1 heterocycles. The van der Waals surface area contributed by atoms with Crippen LogP contribution in [0, 0.1) is 5.92 Å². The zero-order chi connectivity index (χ0) is 14.9. The number of ketones is 1. The highest BCUT2D eigenvalue weighted by molar-refractivity contribution is 6.10. The summed E-state index contributed by atoms with van der Waals surface area (Å²) in [5, 5.41) is 4.06. The molecular weight excluding hydrogens is 256 g/mol. The number of nitrogens with one attached hydrogen (secondary N) is 1. The number of nitrogens with zero attached hydrogens (tertiary/aromatic N) is 1. The summed E-state index contributed by atoms with van der Waals surface area (Å²) in [6.45, 7) is 3.55. The summed E-state index contributed by atoms with van der Waals surface area (Å²) in [7, 11) is 0. The van der Waals surface area contributed by atoms with Crippen LogP contribution in [0.5, 0.6) is 0 Å². The molecule has 1 amide bonds. The van der Waals surface area contributed by atoms with Gasteiger partial charge in [0.15, 0.2) is 5.78 Å². The lowest BCUT2D eigenvalue weighted by molar-refractivity contribution is -0.121. The van der Waals surface area contributed by atoms with Crippen LogP contribution in [0.1, 0.15) is 36.2 Å². The average Bonchev–Trinajstić information content (AvgIpc) is 2.38. The van der Waals surface area contributed by atoms with Gasteiger partial charge in [0, 0.05) is 29.2 Å². The summed E-state index contributed by atoms with van der Waals surface area (Å²) in [6, 6.07) is 4.47. The molecule has 6 nitrogen and oxygen atoms in total. The van der Waals surface area contributed by atoms with Gasteiger partial charge in [0.05, 0.1) is 11.8 Å². The first-order chi connectivity index (χ1) is 9.40. The fraction of sp³-hybridized carbons (Fsp3) is 0.357. The van der Waals surface area contributed by atoms with E-state index in [1.165, 1.54) is 0 Å². The molecular formula is C14H18N4O2. The van der Waals surface area contributed by atoms with E-state index in [0.29, 0.717) is 17.7 Å². The van der Waals surface area contributed by atoms with E-state index in [0.717, 1.165) is 11.3 Å². The summed E-state index contributed by atoms with van der Waals surface area (Å²) in [4.78, 5) is 23.1. The maximum absolute atomic E-state index is 11.8. The van der Waals surface area contributed by atoms with Crippen LogP contribution in [0.15, 0.2) is 23.3 Å². The van der Waals surface area contributed by atoms with Gasteiger partial charge in [-0.25, -0.2) is 5.43 Å². The molecule has 0 aliphatic carbocycles. The van der Waals surface area contributed by atoms with Crippen molar-refractivity contribution in [2.75, 3.05) is 5.73 Å². The minimum Gasteiger partial charge on any atom is -0.398 e. The third-order valence-corrected chi connectivity index (χ3v) is 3.29. The lowest BCUT2D eigenvalue weighted by atomic mass is 9.91. The Morgan fingerprint density at radius 1 is 1.50 bits per heavy atom. The molecule has 1 aromatic rings. The quantitative estimate of drug-likeness (QED) is 0.555. The second-order valence-corrected chi connectivity index (χ2v) is 5.09. The van der Waals surface area contributed by atoms with Crippen LogP contribution in [-0.2, 0) is 4.79 Å². The highest BCUT2D eigenvalue weighted by Gasteiger charge is 2.23. The van der Waals surface area contributed by atoms with E-state index in [1.54, 1.807) is 25.1 Å². The molecule has 6 heteroatoms. The van der Waals surface area contributed by atoms with Crippen molar-refractivity contribution in [3.63, 3.8) is 0 Å². The first-order valence-corrected chi connectivity index (χ1v) is 6.46. The molecule has 1 aromatic carbocycles. The van der Waals surface area contributed by atoms with Gasteiger partial charge in [-0.05, 0) is 13.0 Å². The number of nitrogens with two attached hydrogens (primary N) is 2. The van der Waals surface area contributed by atoms with Crippen molar-refractivity contribution in [1.82, 2.24) is 5.43 Å². The SMILES string of the molecule is CC1CC(=O)NN=C1c1ccc(C(=O)[C@H](C)N)cc1N. The smallest absolute Gasteiger partial charge is 0.240 e. The number of hydrogen-bond donors (Lipinski definition) is 3. The Bertz CT molecular complexity index is 593. The Labute approximate surface area is 117 Å². The number of benzene rings is 1. The van der Waals surface area contributed by atoms with Crippen LogP contribution in [0.4, 0.5) is 5.69 Å². The van der Waals surface area contributed by atoms with E-state index in [4.69, 9.17) is 11.5 Å². The summed E-state index contributed by atoms with van der Waals surface area (Å²) in [6.07, 6.45) is 0.374. The predicted octanol–water partition coefficient (Wildman–Crippen LogP) is 0.659. The van der Waals surface area contributed by atoms with E-state index in [9.17, 15) is 9.59 Å². The van der Waals surface area contributed by atoms with Gasteiger partial charge in [-0.1, -0.05) is 19.1 Å². The number of carbonyl (C=O) groups is 2. The molecule has 0 fully saturated rings. The Morgan fingerprint density at radius 2 is 2.20 bits per heavy atom. The lowest BCUT2D eigenvalue weighted by Gasteiger charge is -2.20. The summed E-state index contributed by atoms with van der Waals surface area (Å²) >= 11 is 0. The van der Waals surface area contributed by atoms with E-state index < -0.39 is 6.04 Å². The molecule has 2 rings (SSSR count). The van der Waals surface area contributed by atoms with Gasteiger partial charge in [0.2, 0.25) is 5.91 Å². The number of nitrogen functional groups attached to an aromatic ring is 1. The molecule has 106 valence electrons. The first-order valence-electron chi connectivity index (χ1n) is 6.46. The van der Waals surface area contributed by atoms with Crippen LogP contribution in [0.3, 0.4) is 0 Å². The van der Waals surface area contributed by atoms with Crippen LogP contribution < -0.4 is 16.9 Å². The van der Waals surface area contributed by atoms with Gasteiger partial charge < -0.3 is 11.5 Å². The van der Waals surface area contributed by atoms with Gasteiger partial charge in [0.25, 0.3) is 0 Å². The van der Waals surface area contributed by atoms with Crippen molar-refractivity contribution < 1.29 is 9.59 Å². The number of Topliss-reactive ketones (excluding diaryl/α,β-unsaturated/α-hetero) is 1. The van der Waals surface area contributed by atoms with E-state index in [-0.39, 0.29) is 17.6 Å². The number of carbonyl (C=O) groups excluding carboxylic acids is 2. The third-order valence-electron chi connectivity index (χ3n) is 3.29. The minimum atomic E-state index is -0.564. The van der Waals surface area contributed by atoms with Crippen LogP contribution in [0.25, 0.3) is 0 Å². The molecule has 0 aromatic heterocycles. The molecule has 0 spiro atoms. The standard InChI is InChI=1S/C14H18N4O2/c1-7-5-12(19)17-18-13(7)10-4-3-9(6-11(10)16)14(20)8(2)15/h3-4,6-8H,5,15-16H2,1-2H3,(H,17,19)/t7?,8-/m0/s1. The van der Waals surface area contributed by atoms with Crippen LogP contribution in [-0.4, -0.2) is 23.4 Å². The monoisotopic (exact) mass is 274 g/mol. The van der Waals surface area contributed by atoms with Crippen molar-refractivity contribution in [3.8, 4) is 0 Å². The van der Waals surface area contributed by atoms with Crippen molar-refractivity contribution in [2.45, 2.75) is 26.3 Å². The zero-order valence-corrected chi connectivity index (χ0v) is 11.5. The van der Waals surface area contributed by atoms with Crippen LogP contribution in [0.2, 0.25) is 0 Å². The number of anilines is 1. The molecule has 0 radical (unpaired) electrons. The summed E-state index contributed by atoms with van der Waals surface area (Å²) in [5.41, 5.74) is 16.4.